The number of ether oxygens (including phenoxy) is 1. The number of benzene rings is 2. The third-order valence-electron chi connectivity index (χ3n) is 2.81. The molecule has 2 nitrogen and oxygen atoms in total. The molecule has 0 saturated heterocycles. The maximum absolute atomic E-state index is 5.43. The molecule has 0 N–H and O–H groups in total. The van der Waals surface area contributed by atoms with Gasteiger partial charge < -0.3 is 4.74 Å². The molecule has 0 fully saturated rings. The summed E-state index contributed by atoms with van der Waals surface area (Å²) < 4.78 is 5.43. The van der Waals surface area contributed by atoms with Gasteiger partial charge in [-0.3, -0.25) is 0 Å². The lowest BCUT2D eigenvalue weighted by molar-refractivity contribution is 0.338. The summed E-state index contributed by atoms with van der Waals surface area (Å²) >= 11 is 1.59. The molecule has 0 aliphatic carbocycles. The number of aromatic nitrogens is 1. The number of fused-ring (bicyclic) bond motifs is 1. The Balaban J connectivity index is 2.12. The monoisotopic (exact) mass is 255 g/mol. The second kappa shape index (κ2) is 4.78. The number of hydrogen-bond donors (Lipinski definition) is 0. The quantitative estimate of drug-likeness (QED) is 0.693. The molecule has 0 unspecified atom stereocenters. The van der Waals surface area contributed by atoms with Gasteiger partial charge in [-0.2, -0.15) is 0 Å². The van der Waals surface area contributed by atoms with E-state index in [1.165, 1.54) is 16.3 Å². The van der Waals surface area contributed by atoms with Gasteiger partial charge in [-0.15, -0.1) is 0 Å². The average Bonchev–Trinajstić information content (AvgIpc) is 2.87. The van der Waals surface area contributed by atoms with Gasteiger partial charge >= 0.3 is 0 Å². The summed E-state index contributed by atoms with van der Waals surface area (Å²) in [6.45, 7) is 2.63. The van der Waals surface area contributed by atoms with Crippen molar-refractivity contribution in [3.63, 3.8) is 0 Å². The first-order valence-electron chi connectivity index (χ1n) is 5.95. The molecule has 0 aliphatic rings. The number of nitrogens with zero attached hydrogens (tertiary/aromatic N) is 1. The number of thiazole rings is 1. The molecule has 0 aliphatic heterocycles. The summed E-state index contributed by atoms with van der Waals surface area (Å²) in [4.78, 5) is 5.43. The molecule has 0 atom stereocenters. The van der Waals surface area contributed by atoms with E-state index in [9.17, 15) is 0 Å². The van der Waals surface area contributed by atoms with E-state index >= 15 is 0 Å². The lowest BCUT2D eigenvalue weighted by atomic mass is 10.0. The fourth-order valence-electron chi connectivity index (χ4n) is 2.01. The first-order valence-corrected chi connectivity index (χ1v) is 6.77. The van der Waals surface area contributed by atoms with Gasteiger partial charge in [0.15, 0.2) is 0 Å². The van der Waals surface area contributed by atoms with Crippen LogP contribution in [-0.4, -0.2) is 11.6 Å². The molecule has 0 radical (unpaired) electrons. The van der Waals surface area contributed by atoms with E-state index < -0.39 is 0 Å². The summed E-state index contributed by atoms with van der Waals surface area (Å²) in [7, 11) is 0. The van der Waals surface area contributed by atoms with Crippen molar-refractivity contribution < 1.29 is 4.74 Å². The lowest BCUT2D eigenvalue weighted by Gasteiger charge is -2.03. The second-order valence-electron chi connectivity index (χ2n) is 3.95. The van der Waals surface area contributed by atoms with Gasteiger partial charge in [-0.05, 0) is 17.7 Å². The Morgan fingerprint density at radius 2 is 1.94 bits per heavy atom. The average molecular weight is 255 g/mol. The summed E-state index contributed by atoms with van der Waals surface area (Å²) in [5.74, 6) is 0. The van der Waals surface area contributed by atoms with Crippen LogP contribution in [0.25, 0.3) is 21.2 Å². The Morgan fingerprint density at radius 3 is 2.83 bits per heavy atom. The molecule has 18 heavy (non-hydrogen) atoms. The molecular formula is C15H13NOS. The van der Waals surface area contributed by atoms with Crippen molar-refractivity contribution in [3.8, 4) is 15.6 Å². The van der Waals surface area contributed by atoms with Crippen molar-refractivity contribution in [2.75, 3.05) is 6.61 Å². The predicted molar refractivity (Wildman–Crippen MR) is 76.2 cm³/mol. The fraction of sp³-hybridized carbons (Fsp3) is 0.133. The molecular weight excluding hydrogens is 242 g/mol. The van der Waals surface area contributed by atoms with Gasteiger partial charge in [-0.25, -0.2) is 4.98 Å². The molecule has 1 aromatic heterocycles. The zero-order chi connectivity index (χ0) is 12.4. The van der Waals surface area contributed by atoms with E-state index in [4.69, 9.17) is 4.74 Å². The summed E-state index contributed by atoms with van der Waals surface area (Å²) in [5, 5.41) is 3.24. The van der Waals surface area contributed by atoms with Crippen LogP contribution < -0.4 is 4.74 Å². The minimum absolute atomic E-state index is 0.655. The fourth-order valence-corrected chi connectivity index (χ4v) is 2.88. The maximum Gasteiger partial charge on any atom is 0.273 e. The molecule has 3 heteroatoms. The van der Waals surface area contributed by atoms with Gasteiger partial charge in [0.25, 0.3) is 5.19 Å². The Bertz CT molecular complexity index is 670. The molecule has 0 amide bonds. The predicted octanol–water partition coefficient (Wildman–Crippen LogP) is 4.36. The lowest BCUT2D eigenvalue weighted by Crippen LogP contribution is -1.88. The van der Waals surface area contributed by atoms with Crippen LogP contribution in [-0.2, 0) is 0 Å². The minimum Gasteiger partial charge on any atom is -0.470 e. The summed E-state index contributed by atoms with van der Waals surface area (Å²) in [5.41, 5.74) is 1.22. The summed E-state index contributed by atoms with van der Waals surface area (Å²) in [6, 6.07) is 14.7. The third kappa shape index (κ3) is 1.97. The number of rotatable bonds is 3. The highest BCUT2D eigenvalue weighted by Crippen LogP contribution is 2.34. The van der Waals surface area contributed by atoms with E-state index in [1.807, 2.05) is 13.1 Å². The van der Waals surface area contributed by atoms with E-state index in [0.29, 0.717) is 6.61 Å². The highest BCUT2D eigenvalue weighted by molar-refractivity contribution is 7.16. The maximum atomic E-state index is 5.43. The van der Waals surface area contributed by atoms with Gasteiger partial charge in [0.05, 0.1) is 11.5 Å². The molecule has 90 valence electrons. The zero-order valence-electron chi connectivity index (χ0n) is 10.1. The standard InChI is InChI=1S/C15H13NOS/c1-2-17-15-16-10-14(18-15)13-9-5-7-11-6-3-4-8-12(11)13/h3-10H,2H2,1H3. The van der Waals surface area contributed by atoms with Gasteiger partial charge in [0, 0.05) is 11.8 Å². The number of hydrogen-bond acceptors (Lipinski definition) is 3. The van der Waals surface area contributed by atoms with Crippen LogP contribution >= 0.6 is 11.3 Å². The third-order valence-corrected chi connectivity index (χ3v) is 3.75. The van der Waals surface area contributed by atoms with Gasteiger partial charge in [-0.1, -0.05) is 53.8 Å². The van der Waals surface area contributed by atoms with E-state index in [0.717, 1.165) is 10.1 Å². The van der Waals surface area contributed by atoms with Crippen LogP contribution in [0.3, 0.4) is 0 Å². The second-order valence-corrected chi connectivity index (χ2v) is 4.94. The van der Waals surface area contributed by atoms with Gasteiger partial charge in [0.1, 0.15) is 0 Å². The molecule has 3 aromatic rings. The first-order chi connectivity index (χ1) is 8.88. The minimum atomic E-state index is 0.655. The van der Waals surface area contributed by atoms with Crippen molar-refractivity contribution in [3.05, 3.63) is 48.7 Å². The van der Waals surface area contributed by atoms with Crippen molar-refractivity contribution >= 4 is 22.1 Å². The molecule has 0 saturated carbocycles. The first kappa shape index (κ1) is 11.2. The summed E-state index contributed by atoms with van der Waals surface area (Å²) in [6.07, 6.45) is 1.89. The van der Waals surface area contributed by atoms with E-state index in [1.54, 1.807) is 11.3 Å². The molecule has 3 rings (SSSR count). The highest BCUT2D eigenvalue weighted by atomic mass is 32.1. The van der Waals surface area contributed by atoms with Crippen LogP contribution in [0.1, 0.15) is 6.92 Å². The molecule has 1 heterocycles. The Kier molecular flexibility index (Phi) is 2.99. The molecule has 2 aromatic carbocycles. The highest BCUT2D eigenvalue weighted by Gasteiger charge is 2.07. The van der Waals surface area contributed by atoms with Crippen LogP contribution in [0.2, 0.25) is 0 Å². The molecule has 0 spiro atoms. The van der Waals surface area contributed by atoms with E-state index in [2.05, 4.69) is 47.4 Å². The SMILES string of the molecule is CCOc1ncc(-c2cccc3ccccc23)s1. The van der Waals surface area contributed by atoms with Crippen LogP contribution in [0.4, 0.5) is 0 Å². The topological polar surface area (TPSA) is 22.1 Å². The van der Waals surface area contributed by atoms with Gasteiger partial charge in [0.2, 0.25) is 0 Å². The van der Waals surface area contributed by atoms with Crippen LogP contribution in [0, 0.1) is 0 Å². The van der Waals surface area contributed by atoms with Crippen molar-refractivity contribution in [2.45, 2.75) is 6.92 Å². The van der Waals surface area contributed by atoms with Crippen LogP contribution in [0.15, 0.2) is 48.7 Å². The van der Waals surface area contributed by atoms with Crippen molar-refractivity contribution in [2.24, 2.45) is 0 Å². The Hall–Kier alpha value is -1.87. The Labute approximate surface area is 110 Å². The largest absolute Gasteiger partial charge is 0.470 e. The molecule has 0 bridgehead atoms. The van der Waals surface area contributed by atoms with E-state index in [-0.39, 0.29) is 0 Å². The zero-order valence-corrected chi connectivity index (χ0v) is 10.9. The van der Waals surface area contributed by atoms with Crippen molar-refractivity contribution in [1.29, 1.82) is 0 Å². The Morgan fingerprint density at radius 1 is 1.11 bits per heavy atom. The van der Waals surface area contributed by atoms with Crippen LogP contribution in [0.5, 0.6) is 5.19 Å². The smallest absolute Gasteiger partial charge is 0.273 e. The normalized spacial score (nSPS) is 10.7. The van der Waals surface area contributed by atoms with Crippen molar-refractivity contribution in [1.82, 2.24) is 4.98 Å².